The van der Waals surface area contributed by atoms with Crippen molar-refractivity contribution in [1.29, 1.82) is 0 Å². The van der Waals surface area contributed by atoms with Crippen LogP contribution in [0, 0.1) is 5.41 Å². The monoisotopic (exact) mass is 308 g/mol. The van der Waals surface area contributed by atoms with E-state index in [-0.39, 0.29) is 35.9 Å². The highest BCUT2D eigenvalue weighted by molar-refractivity contribution is 5.80. The third kappa shape index (κ3) is 2.34. The first-order chi connectivity index (χ1) is 10.5. The molecule has 5 nitrogen and oxygen atoms in total. The fourth-order valence-corrected chi connectivity index (χ4v) is 5.15. The third-order valence-corrected chi connectivity index (χ3v) is 6.04. The Balaban J connectivity index is 1.92. The van der Waals surface area contributed by atoms with E-state index in [1.807, 2.05) is 11.8 Å². The van der Waals surface area contributed by atoms with Crippen LogP contribution in [0.4, 0.5) is 0 Å². The molecule has 0 aromatic carbocycles. The molecule has 2 aliphatic heterocycles. The minimum absolute atomic E-state index is 0.0486. The van der Waals surface area contributed by atoms with Gasteiger partial charge in [-0.2, -0.15) is 0 Å². The molecule has 0 N–H and O–H groups in total. The highest BCUT2D eigenvalue weighted by atomic mass is 16.5. The molecular weight excluding hydrogens is 280 g/mol. The number of hydrogen-bond acceptors (Lipinski definition) is 3. The third-order valence-electron chi connectivity index (χ3n) is 6.04. The average molecular weight is 308 g/mol. The molecule has 0 unspecified atom stereocenters. The summed E-state index contributed by atoms with van der Waals surface area (Å²) in [7, 11) is 0. The van der Waals surface area contributed by atoms with Crippen molar-refractivity contribution in [3.63, 3.8) is 0 Å². The zero-order chi connectivity index (χ0) is 15.9. The van der Waals surface area contributed by atoms with E-state index in [0.29, 0.717) is 19.2 Å². The lowest BCUT2D eigenvalue weighted by molar-refractivity contribution is -0.140. The van der Waals surface area contributed by atoms with E-state index >= 15 is 0 Å². The van der Waals surface area contributed by atoms with Crippen molar-refractivity contribution in [3.05, 3.63) is 0 Å². The summed E-state index contributed by atoms with van der Waals surface area (Å²) < 4.78 is 5.36. The predicted molar refractivity (Wildman–Crippen MR) is 83.3 cm³/mol. The molecule has 2 saturated heterocycles. The topological polar surface area (TPSA) is 49.9 Å². The zero-order valence-corrected chi connectivity index (χ0v) is 14.0. The van der Waals surface area contributed by atoms with Gasteiger partial charge < -0.3 is 14.5 Å². The zero-order valence-electron chi connectivity index (χ0n) is 14.0. The summed E-state index contributed by atoms with van der Waals surface area (Å²) in [5.41, 5.74) is 0.0486. The molecule has 2 amide bonds. The Bertz CT molecular complexity index is 467. The molecular formula is C17H28N2O3. The Kier molecular flexibility index (Phi) is 4.19. The lowest BCUT2D eigenvalue weighted by Crippen LogP contribution is -2.55. The van der Waals surface area contributed by atoms with Gasteiger partial charge in [0.25, 0.3) is 0 Å². The Hall–Kier alpha value is -1.10. The summed E-state index contributed by atoms with van der Waals surface area (Å²) in [6.45, 7) is 7.31. The quantitative estimate of drug-likeness (QED) is 0.799. The summed E-state index contributed by atoms with van der Waals surface area (Å²) in [5, 5.41) is 0. The smallest absolute Gasteiger partial charge is 0.249 e. The fraction of sp³-hybridized carbons (Fsp3) is 0.882. The van der Waals surface area contributed by atoms with Crippen molar-refractivity contribution >= 4 is 11.8 Å². The molecule has 1 saturated carbocycles. The minimum Gasteiger partial charge on any atom is -0.372 e. The van der Waals surface area contributed by atoms with Crippen molar-refractivity contribution in [2.45, 2.75) is 71.0 Å². The number of carbonyl (C=O) groups excluding carboxylic acids is 2. The normalized spacial score (nSPS) is 37.1. The van der Waals surface area contributed by atoms with Crippen molar-refractivity contribution in [1.82, 2.24) is 9.80 Å². The van der Waals surface area contributed by atoms with Crippen LogP contribution in [0.5, 0.6) is 0 Å². The van der Waals surface area contributed by atoms with Crippen molar-refractivity contribution < 1.29 is 14.3 Å². The van der Waals surface area contributed by atoms with Crippen LogP contribution in [0.2, 0.25) is 0 Å². The fourth-order valence-electron chi connectivity index (χ4n) is 5.15. The summed E-state index contributed by atoms with van der Waals surface area (Å²) >= 11 is 0. The molecule has 0 aromatic heterocycles. The Morgan fingerprint density at radius 3 is 2.55 bits per heavy atom. The molecule has 2 bridgehead atoms. The van der Waals surface area contributed by atoms with Gasteiger partial charge in [0.2, 0.25) is 11.8 Å². The number of likely N-dealkylation sites (tertiary alicyclic amines) is 2. The van der Waals surface area contributed by atoms with Gasteiger partial charge in [0.05, 0.1) is 6.04 Å². The first-order valence-corrected chi connectivity index (χ1v) is 8.65. The summed E-state index contributed by atoms with van der Waals surface area (Å²) in [4.78, 5) is 28.9. The van der Waals surface area contributed by atoms with Crippen molar-refractivity contribution in [2.75, 3.05) is 19.8 Å². The van der Waals surface area contributed by atoms with E-state index in [4.69, 9.17) is 4.74 Å². The number of carbonyl (C=O) groups is 2. The van der Waals surface area contributed by atoms with Crippen molar-refractivity contribution in [3.8, 4) is 0 Å². The largest absolute Gasteiger partial charge is 0.372 e. The van der Waals surface area contributed by atoms with E-state index < -0.39 is 0 Å². The maximum Gasteiger partial charge on any atom is 0.249 e. The molecule has 124 valence electrons. The number of fused-ring (bicyclic) bond motifs is 1. The molecule has 3 rings (SSSR count). The minimum atomic E-state index is 0.0486. The van der Waals surface area contributed by atoms with Crippen LogP contribution >= 0.6 is 0 Å². The van der Waals surface area contributed by atoms with Crippen LogP contribution in [-0.4, -0.2) is 59.5 Å². The van der Waals surface area contributed by atoms with Gasteiger partial charge in [0.15, 0.2) is 0 Å². The molecule has 3 aliphatic rings. The second kappa shape index (κ2) is 5.84. The maximum atomic E-state index is 12.7. The van der Waals surface area contributed by atoms with Crippen LogP contribution in [-0.2, 0) is 14.3 Å². The number of ether oxygens (including phenoxy) is 1. The van der Waals surface area contributed by atoms with E-state index in [2.05, 4.69) is 11.8 Å². The first kappa shape index (κ1) is 15.8. The van der Waals surface area contributed by atoms with Crippen molar-refractivity contribution in [2.24, 2.45) is 5.41 Å². The van der Waals surface area contributed by atoms with Gasteiger partial charge in [-0.25, -0.2) is 0 Å². The molecule has 0 radical (unpaired) electrons. The van der Waals surface area contributed by atoms with Crippen LogP contribution in [0.25, 0.3) is 0 Å². The van der Waals surface area contributed by atoms with E-state index in [1.54, 1.807) is 6.92 Å². The van der Waals surface area contributed by atoms with Gasteiger partial charge in [0.1, 0.15) is 6.61 Å². The van der Waals surface area contributed by atoms with Gasteiger partial charge in [-0.05, 0) is 26.2 Å². The van der Waals surface area contributed by atoms with Crippen LogP contribution in [0.1, 0.15) is 52.9 Å². The SMILES string of the molecule is CCOCC(=O)N1[C@@H]2CN(C(C)=O)[C@@H]3CCCC[C@H]1[C@]3(C)C2. The van der Waals surface area contributed by atoms with E-state index in [0.717, 1.165) is 32.1 Å². The molecule has 0 aromatic rings. The molecule has 1 aliphatic carbocycles. The Morgan fingerprint density at radius 2 is 1.91 bits per heavy atom. The van der Waals surface area contributed by atoms with Gasteiger partial charge in [-0.15, -0.1) is 0 Å². The van der Waals surface area contributed by atoms with E-state index in [9.17, 15) is 9.59 Å². The maximum absolute atomic E-state index is 12.7. The van der Waals surface area contributed by atoms with Crippen LogP contribution in [0.3, 0.4) is 0 Å². The number of nitrogens with zero attached hydrogens (tertiary/aromatic N) is 2. The molecule has 5 heteroatoms. The average Bonchev–Trinajstić information content (AvgIpc) is 2.60. The van der Waals surface area contributed by atoms with Gasteiger partial charge in [-0.3, -0.25) is 9.59 Å². The lowest BCUT2D eigenvalue weighted by atomic mass is 9.71. The van der Waals surface area contributed by atoms with Gasteiger partial charge in [0, 0.05) is 37.6 Å². The summed E-state index contributed by atoms with van der Waals surface area (Å²) in [6.07, 6.45) is 5.47. The van der Waals surface area contributed by atoms with Gasteiger partial charge in [-0.1, -0.05) is 19.8 Å². The first-order valence-electron chi connectivity index (χ1n) is 8.65. The number of hydrogen-bond donors (Lipinski definition) is 0. The molecule has 0 spiro atoms. The summed E-state index contributed by atoms with van der Waals surface area (Å²) in [5.74, 6) is 0.257. The highest BCUT2D eigenvalue weighted by Crippen LogP contribution is 2.53. The Labute approximate surface area is 133 Å². The van der Waals surface area contributed by atoms with Crippen LogP contribution < -0.4 is 0 Å². The highest BCUT2D eigenvalue weighted by Gasteiger charge is 2.60. The molecule has 2 heterocycles. The number of rotatable bonds is 3. The summed E-state index contributed by atoms with van der Waals surface area (Å²) in [6, 6.07) is 0.724. The van der Waals surface area contributed by atoms with Crippen LogP contribution in [0.15, 0.2) is 0 Å². The molecule has 22 heavy (non-hydrogen) atoms. The molecule has 3 fully saturated rings. The van der Waals surface area contributed by atoms with E-state index in [1.165, 1.54) is 0 Å². The van der Waals surface area contributed by atoms with Gasteiger partial charge >= 0.3 is 0 Å². The number of piperidine rings is 1. The second-order valence-corrected chi connectivity index (χ2v) is 7.29. The lowest BCUT2D eigenvalue weighted by Gasteiger charge is -2.46. The second-order valence-electron chi connectivity index (χ2n) is 7.29. The number of amides is 2. The Morgan fingerprint density at radius 1 is 1.23 bits per heavy atom. The predicted octanol–water partition coefficient (Wildman–Crippen LogP) is 1.80. The molecule has 4 atom stereocenters. The standard InChI is InChI=1S/C17H28N2O3/c1-4-22-11-16(21)19-13-9-17(3)14(18(10-13)12(2)20)7-5-6-8-15(17)19/h13-15H,4-11H2,1-3H3/t13-,14+,15-,17+/m0/s1.